The van der Waals surface area contributed by atoms with Crippen LogP contribution in [0.4, 0.5) is 5.69 Å². The normalized spacial score (nSPS) is 28.9. The van der Waals surface area contributed by atoms with Crippen LogP contribution >= 0.6 is 0 Å². The van der Waals surface area contributed by atoms with E-state index in [1.54, 1.807) is 0 Å². The van der Waals surface area contributed by atoms with Crippen molar-refractivity contribution >= 4 is 28.2 Å². The van der Waals surface area contributed by atoms with Crippen molar-refractivity contribution in [2.45, 2.75) is 32.2 Å². The van der Waals surface area contributed by atoms with Crippen molar-refractivity contribution in [2.75, 3.05) is 5.73 Å². The lowest BCUT2D eigenvalue weighted by molar-refractivity contribution is -0.132. The minimum Gasteiger partial charge on any atom is -0.398 e. The number of aryl methyl sites for hydroxylation is 1. The Bertz CT molecular complexity index is 959. The van der Waals surface area contributed by atoms with Crippen LogP contribution < -0.4 is 11.3 Å². The molecule has 1 aromatic carbocycles. The van der Waals surface area contributed by atoms with Crippen LogP contribution in [0.5, 0.6) is 0 Å². The predicted molar refractivity (Wildman–Crippen MR) is 78.1 cm³/mol. The second-order valence-electron chi connectivity index (χ2n) is 4.79. The second kappa shape index (κ2) is 4.80. The van der Waals surface area contributed by atoms with Gasteiger partial charge in [0, 0.05) is 16.2 Å². The van der Waals surface area contributed by atoms with E-state index in [2.05, 4.69) is 4.98 Å². The van der Waals surface area contributed by atoms with Crippen LogP contribution in [-0.2, 0) is 9.59 Å². The second-order valence-corrected chi connectivity index (χ2v) is 4.79. The summed E-state index contributed by atoms with van der Waals surface area (Å²) in [6.45, 7) is -0.444. The Morgan fingerprint density at radius 3 is 3.05 bits per heavy atom. The van der Waals surface area contributed by atoms with Gasteiger partial charge in [0.25, 0.3) is 5.56 Å². The molecule has 1 aliphatic rings. The van der Waals surface area contributed by atoms with Crippen LogP contribution in [0.1, 0.15) is 36.6 Å². The zero-order valence-electron chi connectivity index (χ0n) is 15.0. The molecule has 2 aromatic rings. The number of nitrogens with zero attached hydrogens (tertiary/aromatic N) is 2. The average Bonchev–Trinajstić information content (AvgIpc) is 2.53. The number of aromatic nitrogens is 2. The molecule has 0 saturated heterocycles. The largest absolute Gasteiger partial charge is 0.398 e. The topological polar surface area (TPSA) is 95.0 Å². The van der Waals surface area contributed by atoms with Crippen molar-refractivity contribution in [3.63, 3.8) is 0 Å². The van der Waals surface area contributed by atoms with Crippen LogP contribution in [0.15, 0.2) is 23.0 Å². The molecule has 1 aromatic heterocycles. The number of benzene rings is 1. The lowest BCUT2D eigenvalue weighted by Crippen LogP contribution is -2.36. The van der Waals surface area contributed by atoms with Gasteiger partial charge in [-0.3, -0.25) is 19.0 Å². The first-order chi connectivity index (χ1) is 11.8. The molecule has 108 valence electrons. The van der Waals surface area contributed by atoms with Gasteiger partial charge in [-0.2, -0.15) is 0 Å². The summed E-state index contributed by atoms with van der Waals surface area (Å²) in [7, 11) is 0. The Kier molecular flexibility index (Phi) is 2.16. The summed E-state index contributed by atoms with van der Waals surface area (Å²) in [5.74, 6) is -1.38. The van der Waals surface area contributed by atoms with Crippen molar-refractivity contribution in [1.82, 2.24) is 9.55 Å². The van der Waals surface area contributed by atoms with E-state index in [1.807, 2.05) is 0 Å². The third kappa shape index (κ3) is 2.12. The van der Waals surface area contributed by atoms with E-state index in [1.165, 1.54) is 12.1 Å². The number of nitrogens with two attached hydrogens (primary N) is 1. The maximum atomic E-state index is 12.9. The Morgan fingerprint density at radius 2 is 2.29 bits per heavy atom. The fraction of sp³-hybridized carbons (Fsp3) is 0.333. The number of Topliss-reactive ketones (excluding diaryl/α,β-unsaturated/α-hetero) is 2. The number of fused-ring (bicyclic) bond motifs is 1. The highest BCUT2D eigenvalue weighted by Gasteiger charge is 2.30. The van der Waals surface area contributed by atoms with Crippen molar-refractivity contribution in [3.8, 4) is 0 Å². The van der Waals surface area contributed by atoms with Crippen molar-refractivity contribution < 1.29 is 15.1 Å². The van der Waals surface area contributed by atoms with E-state index in [4.69, 9.17) is 11.2 Å². The zero-order valence-corrected chi connectivity index (χ0v) is 11.0. The SMILES string of the molecule is [2H]Cc1nc2cc([2H])cc(N)c2c(=O)n1C1C(=O)CC(=O)C([2H])C1[2H]. The van der Waals surface area contributed by atoms with Crippen molar-refractivity contribution in [2.24, 2.45) is 0 Å². The van der Waals surface area contributed by atoms with Crippen LogP contribution in [0.2, 0.25) is 0 Å². The number of hydrogen-bond donors (Lipinski definition) is 1. The van der Waals surface area contributed by atoms with Gasteiger partial charge < -0.3 is 5.73 Å². The smallest absolute Gasteiger partial charge is 0.264 e. The number of carbonyl (C=O) groups excluding carboxylic acids is 2. The Labute approximate surface area is 126 Å². The van der Waals surface area contributed by atoms with Crippen molar-refractivity contribution in [1.29, 1.82) is 0 Å². The van der Waals surface area contributed by atoms with Gasteiger partial charge in [0.15, 0.2) is 5.78 Å². The quantitative estimate of drug-likeness (QED) is 0.627. The molecule has 0 radical (unpaired) electrons. The molecular weight excluding hydrogens is 270 g/mol. The molecule has 6 nitrogen and oxygen atoms in total. The third-order valence-electron chi connectivity index (χ3n) is 3.38. The molecule has 1 heterocycles. The van der Waals surface area contributed by atoms with Crippen LogP contribution in [0.25, 0.3) is 10.9 Å². The molecule has 3 atom stereocenters. The van der Waals surface area contributed by atoms with Gasteiger partial charge in [0.1, 0.15) is 11.6 Å². The molecular formula is C15H15N3O3. The molecule has 1 saturated carbocycles. The Morgan fingerprint density at radius 1 is 1.48 bits per heavy atom. The molecule has 0 spiro atoms. The fourth-order valence-corrected chi connectivity index (χ4v) is 2.41. The first-order valence-electron chi connectivity index (χ1n) is 8.62. The molecule has 0 amide bonds. The Balaban J connectivity index is 2.32. The molecule has 6 heteroatoms. The number of carbonyl (C=O) groups is 2. The number of anilines is 1. The summed E-state index contributed by atoms with van der Waals surface area (Å²) in [6.07, 6.45) is -3.44. The van der Waals surface area contributed by atoms with E-state index >= 15 is 0 Å². The summed E-state index contributed by atoms with van der Waals surface area (Å²) in [5.41, 5.74) is 5.26. The number of hydrogen-bond acceptors (Lipinski definition) is 5. The highest BCUT2D eigenvalue weighted by Crippen LogP contribution is 2.24. The van der Waals surface area contributed by atoms with Crippen LogP contribution in [0.3, 0.4) is 0 Å². The highest BCUT2D eigenvalue weighted by molar-refractivity contribution is 6.03. The predicted octanol–water partition coefficient (Wildman–Crippen LogP) is 1.15. The number of rotatable bonds is 1. The van der Waals surface area contributed by atoms with E-state index < -0.39 is 49.3 Å². The summed E-state index contributed by atoms with van der Waals surface area (Å²) < 4.78 is 32.0. The van der Waals surface area contributed by atoms with E-state index in [9.17, 15) is 14.4 Å². The molecule has 1 fully saturated rings. The van der Waals surface area contributed by atoms with E-state index in [-0.39, 0.29) is 28.5 Å². The third-order valence-corrected chi connectivity index (χ3v) is 3.38. The lowest BCUT2D eigenvalue weighted by atomic mass is 9.92. The highest BCUT2D eigenvalue weighted by atomic mass is 16.2. The number of ketones is 2. The summed E-state index contributed by atoms with van der Waals surface area (Å²) >= 11 is 0. The molecule has 21 heavy (non-hydrogen) atoms. The minimum atomic E-state index is -1.47. The lowest BCUT2D eigenvalue weighted by Gasteiger charge is -2.24. The standard InChI is InChI=1S/C15H15N3O3/c1-8-17-11-4-2-3-10(16)14(11)15(21)18(8)12-6-5-9(19)7-13(12)20/h2-4,12H,5-7,16H2,1H3/i1D,2D,5D,6D. The van der Waals surface area contributed by atoms with Gasteiger partial charge in [-0.1, -0.05) is 6.04 Å². The fourth-order valence-electron chi connectivity index (χ4n) is 2.41. The van der Waals surface area contributed by atoms with Gasteiger partial charge in [0.2, 0.25) is 0 Å². The Hall–Kier alpha value is -2.50. The number of nitrogen functional groups attached to an aromatic ring is 1. The molecule has 2 N–H and O–H groups in total. The molecule has 0 bridgehead atoms. The summed E-state index contributed by atoms with van der Waals surface area (Å²) in [4.78, 5) is 41.0. The van der Waals surface area contributed by atoms with Gasteiger partial charge in [-0.15, -0.1) is 0 Å². The van der Waals surface area contributed by atoms with Crippen LogP contribution in [0, 0.1) is 6.90 Å². The first kappa shape index (κ1) is 9.44. The zero-order chi connectivity index (χ0) is 18.5. The van der Waals surface area contributed by atoms with E-state index in [0.717, 1.165) is 4.57 Å². The maximum Gasteiger partial charge on any atom is 0.264 e. The monoisotopic (exact) mass is 289 g/mol. The van der Waals surface area contributed by atoms with Gasteiger partial charge in [0.05, 0.1) is 24.7 Å². The van der Waals surface area contributed by atoms with Gasteiger partial charge >= 0.3 is 0 Å². The molecule has 1 aliphatic carbocycles. The summed E-state index contributed by atoms with van der Waals surface area (Å²) in [6, 6.07) is 1.29. The van der Waals surface area contributed by atoms with Gasteiger partial charge in [-0.05, 0) is 25.4 Å². The average molecular weight is 289 g/mol. The van der Waals surface area contributed by atoms with Gasteiger partial charge in [-0.25, -0.2) is 4.98 Å². The van der Waals surface area contributed by atoms with E-state index in [0.29, 0.717) is 0 Å². The van der Waals surface area contributed by atoms with Crippen molar-refractivity contribution in [3.05, 3.63) is 34.4 Å². The minimum absolute atomic E-state index is 0.00775. The molecule has 3 rings (SSSR count). The first-order valence-corrected chi connectivity index (χ1v) is 6.26. The maximum absolute atomic E-state index is 12.9. The van der Waals surface area contributed by atoms with Crippen LogP contribution in [-0.4, -0.2) is 21.1 Å². The summed E-state index contributed by atoms with van der Waals surface area (Å²) in [5, 5.41) is -0.00775. The molecule has 3 unspecified atom stereocenters. The molecule has 0 aliphatic heterocycles.